The van der Waals surface area contributed by atoms with Crippen molar-refractivity contribution in [3.8, 4) is 11.7 Å². The van der Waals surface area contributed by atoms with E-state index in [2.05, 4.69) is 15.3 Å². The monoisotopic (exact) mass is 253 g/mol. The molecular formula is C9H8ClN5O2. The predicted molar refractivity (Wildman–Crippen MR) is 59.2 cm³/mol. The summed E-state index contributed by atoms with van der Waals surface area (Å²) < 4.78 is 6.37. The average Bonchev–Trinajstić information content (AvgIpc) is 2.73. The van der Waals surface area contributed by atoms with Crippen molar-refractivity contribution < 1.29 is 9.53 Å². The zero-order chi connectivity index (χ0) is 12.4. The highest BCUT2D eigenvalue weighted by Gasteiger charge is 2.17. The molecule has 0 saturated heterocycles. The first kappa shape index (κ1) is 11.3. The van der Waals surface area contributed by atoms with Crippen molar-refractivity contribution in [2.75, 3.05) is 7.11 Å². The fourth-order valence-corrected chi connectivity index (χ4v) is 1.39. The van der Waals surface area contributed by atoms with Crippen molar-refractivity contribution in [3.63, 3.8) is 0 Å². The van der Waals surface area contributed by atoms with Crippen LogP contribution in [0.15, 0.2) is 18.3 Å². The number of primary amides is 1. The molecule has 2 aromatic rings. The van der Waals surface area contributed by atoms with Gasteiger partial charge in [0.05, 0.1) is 13.3 Å². The fraction of sp³-hybridized carbons (Fsp3) is 0.111. The molecule has 0 radical (unpaired) electrons. The molecule has 0 aromatic carbocycles. The van der Waals surface area contributed by atoms with Crippen molar-refractivity contribution in [1.29, 1.82) is 0 Å². The number of halogens is 1. The van der Waals surface area contributed by atoms with Crippen LogP contribution >= 0.6 is 11.6 Å². The summed E-state index contributed by atoms with van der Waals surface area (Å²) in [5.74, 6) is -0.0529. The van der Waals surface area contributed by atoms with E-state index < -0.39 is 5.91 Å². The SMILES string of the molecule is COc1c(C(N)=O)cnn1-c1ccc(Cl)nn1. The third-order valence-electron chi connectivity index (χ3n) is 2.02. The van der Waals surface area contributed by atoms with Crippen LogP contribution in [0.4, 0.5) is 0 Å². The molecule has 2 rings (SSSR count). The number of carbonyl (C=O) groups excluding carboxylic acids is 1. The van der Waals surface area contributed by atoms with E-state index in [0.717, 1.165) is 0 Å². The Kier molecular flexibility index (Phi) is 2.92. The van der Waals surface area contributed by atoms with Crippen LogP contribution in [0.5, 0.6) is 5.88 Å². The summed E-state index contributed by atoms with van der Waals surface area (Å²) in [7, 11) is 1.41. The average molecular weight is 254 g/mol. The predicted octanol–water partition coefficient (Wildman–Crippen LogP) is 0.423. The second-order valence-electron chi connectivity index (χ2n) is 3.06. The maximum Gasteiger partial charge on any atom is 0.255 e. The molecule has 0 spiro atoms. The third-order valence-corrected chi connectivity index (χ3v) is 2.22. The number of rotatable bonds is 3. The minimum Gasteiger partial charge on any atom is -0.480 e. The largest absolute Gasteiger partial charge is 0.480 e. The second kappa shape index (κ2) is 4.38. The van der Waals surface area contributed by atoms with E-state index in [1.165, 1.54) is 18.0 Å². The van der Waals surface area contributed by atoms with E-state index in [-0.39, 0.29) is 16.6 Å². The molecule has 0 fully saturated rings. The highest BCUT2D eigenvalue weighted by atomic mass is 35.5. The van der Waals surface area contributed by atoms with Gasteiger partial charge in [0.2, 0.25) is 5.88 Å². The molecule has 88 valence electrons. The van der Waals surface area contributed by atoms with Gasteiger partial charge in [0.25, 0.3) is 5.91 Å². The Hall–Kier alpha value is -2.15. The van der Waals surface area contributed by atoms with Gasteiger partial charge in [-0.2, -0.15) is 9.78 Å². The molecule has 0 unspecified atom stereocenters. The number of methoxy groups -OCH3 is 1. The van der Waals surface area contributed by atoms with Gasteiger partial charge in [0.15, 0.2) is 11.0 Å². The Morgan fingerprint density at radius 1 is 1.47 bits per heavy atom. The number of carbonyl (C=O) groups is 1. The van der Waals surface area contributed by atoms with Gasteiger partial charge in [-0.3, -0.25) is 4.79 Å². The summed E-state index contributed by atoms with van der Waals surface area (Å²) in [6.45, 7) is 0. The lowest BCUT2D eigenvalue weighted by Gasteiger charge is -2.05. The van der Waals surface area contributed by atoms with Gasteiger partial charge in [-0.25, -0.2) is 0 Å². The highest BCUT2D eigenvalue weighted by Crippen LogP contribution is 2.20. The fourth-order valence-electron chi connectivity index (χ4n) is 1.29. The molecule has 8 heteroatoms. The second-order valence-corrected chi connectivity index (χ2v) is 3.45. The van der Waals surface area contributed by atoms with Gasteiger partial charge < -0.3 is 10.5 Å². The van der Waals surface area contributed by atoms with Gasteiger partial charge in [-0.15, -0.1) is 10.2 Å². The van der Waals surface area contributed by atoms with E-state index in [9.17, 15) is 4.79 Å². The summed E-state index contributed by atoms with van der Waals surface area (Å²) >= 11 is 5.62. The summed E-state index contributed by atoms with van der Waals surface area (Å²) in [4.78, 5) is 11.1. The standard InChI is InChI=1S/C9H8ClN5O2/c1-17-9-5(8(11)16)4-12-15(9)7-3-2-6(10)13-14-7/h2-4H,1H3,(H2,11,16). The Labute approximate surface area is 101 Å². The van der Waals surface area contributed by atoms with Gasteiger partial charge in [0.1, 0.15) is 5.56 Å². The van der Waals surface area contributed by atoms with Crippen LogP contribution in [0.3, 0.4) is 0 Å². The lowest BCUT2D eigenvalue weighted by Crippen LogP contribution is -2.12. The van der Waals surface area contributed by atoms with E-state index in [0.29, 0.717) is 5.82 Å². The van der Waals surface area contributed by atoms with Crippen LogP contribution < -0.4 is 10.5 Å². The number of amides is 1. The van der Waals surface area contributed by atoms with Crippen LogP contribution in [0.1, 0.15) is 10.4 Å². The minimum absolute atomic E-state index is 0.171. The first-order valence-corrected chi connectivity index (χ1v) is 4.92. The molecule has 17 heavy (non-hydrogen) atoms. The zero-order valence-electron chi connectivity index (χ0n) is 8.79. The highest BCUT2D eigenvalue weighted by molar-refractivity contribution is 6.29. The first-order chi connectivity index (χ1) is 8.13. The molecule has 0 atom stereocenters. The molecule has 7 nitrogen and oxygen atoms in total. The Balaban J connectivity index is 2.52. The topological polar surface area (TPSA) is 95.9 Å². The van der Waals surface area contributed by atoms with E-state index in [1.807, 2.05) is 0 Å². The summed E-state index contributed by atoms with van der Waals surface area (Å²) in [5, 5.41) is 11.7. The maximum atomic E-state index is 11.1. The van der Waals surface area contributed by atoms with Crippen LogP contribution in [-0.4, -0.2) is 33.0 Å². The molecule has 0 aliphatic rings. The number of hydrogen-bond donors (Lipinski definition) is 1. The molecular weight excluding hydrogens is 246 g/mol. The Bertz CT molecular complexity index is 551. The third kappa shape index (κ3) is 2.04. The van der Waals surface area contributed by atoms with E-state index in [1.54, 1.807) is 12.1 Å². The van der Waals surface area contributed by atoms with Crippen molar-refractivity contribution in [3.05, 3.63) is 29.0 Å². The molecule has 2 heterocycles. The van der Waals surface area contributed by atoms with Gasteiger partial charge in [-0.1, -0.05) is 11.6 Å². The van der Waals surface area contributed by atoms with E-state index >= 15 is 0 Å². The number of aromatic nitrogens is 4. The molecule has 0 bridgehead atoms. The number of hydrogen-bond acceptors (Lipinski definition) is 5. The van der Waals surface area contributed by atoms with Gasteiger partial charge in [0, 0.05) is 0 Å². The quantitative estimate of drug-likeness (QED) is 0.855. The summed E-state index contributed by atoms with van der Waals surface area (Å²) in [5.41, 5.74) is 5.35. The molecule has 2 N–H and O–H groups in total. The van der Waals surface area contributed by atoms with Crippen molar-refractivity contribution in [2.24, 2.45) is 5.73 Å². The first-order valence-electron chi connectivity index (χ1n) is 4.55. The molecule has 0 aliphatic heterocycles. The van der Waals surface area contributed by atoms with Crippen LogP contribution in [-0.2, 0) is 0 Å². The summed E-state index contributed by atoms with van der Waals surface area (Å²) in [6, 6.07) is 3.14. The Morgan fingerprint density at radius 3 is 2.76 bits per heavy atom. The smallest absolute Gasteiger partial charge is 0.255 e. The van der Waals surface area contributed by atoms with Crippen molar-refractivity contribution in [1.82, 2.24) is 20.0 Å². The van der Waals surface area contributed by atoms with Crippen molar-refractivity contribution >= 4 is 17.5 Å². The van der Waals surface area contributed by atoms with Crippen LogP contribution in [0, 0.1) is 0 Å². The molecule has 0 saturated carbocycles. The molecule has 1 amide bonds. The number of nitrogens with zero attached hydrogens (tertiary/aromatic N) is 4. The summed E-state index contributed by atoms with van der Waals surface area (Å²) in [6.07, 6.45) is 1.30. The Morgan fingerprint density at radius 2 is 2.24 bits per heavy atom. The zero-order valence-corrected chi connectivity index (χ0v) is 9.55. The lowest BCUT2D eigenvalue weighted by molar-refractivity contribution is 0.0997. The maximum absolute atomic E-state index is 11.1. The van der Waals surface area contributed by atoms with Crippen LogP contribution in [0.25, 0.3) is 5.82 Å². The van der Waals surface area contributed by atoms with Crippen LogP contribution in [0.2, 0.25) is 5.15 Å². The molecule has 2 aromatic heterocycles. The van der Waals surface area contributed by atoms with Crippen molar-refractivity contribution in [2.45, 2.75) is 0 Å². The number of nitrogens with two attached hydrogens (primary N) is 1. The van der Waals surface area contributed by atoms with Gasteiger partial charge in [-0.05, 0) is 12.1 Å². The van der Waals surface area contributed by atoms with E-state index in [4.69, 9.17) is 22.1 Å². The normalized spacial score (nSPS) is 10.2. The molecule has 0 aliphatic carbocycles. The lowest BCUT2D eigenvalue weighted by atomic mass is 10.3. The minimum atomic E-state index is -0.630. The van der Waals surface area contributed by atoms with Gasteiger partial charge >= 0.3 is 0 Å². The number of ether oxygens (including phenoxy) is 1.